The molecule has 0 amide bonds. The van der Waals surface area contributed by atoms with Crippen molar-refractivity contribution in [1.82, 2.24) is 0 Å². The molecule has 0 aromatic heterocycles. The molecule has 7 heteroatoms. The molecular weight excluding hydrogens is 353 g/mol. The summed E-state index contributed by atoms with van der Waals surface area (Å²) in [4.78, 5) is 15.5. The van der Waals surface area contributed by atoms with Crippen molar-refractivity contribution >= 4 is 28.8 Å². The van der Waals surface area contributed by atoms with Crippen LogP contribution in [-0.2, 0) is 0 Å². The minimum absolute atomic E-state index is 0.0157. The predicted molar refractivity (Wildman–Crippen MR) is 92.4 cm³/mol. The summed E-state index contributed by atoms with van der Waals surface area (Å²) in [6.07, 6.45) is -3.94. The van der Waals surface area contributed by atoms with Crippen molar-refractivity contribution < 1.29 is 18.0 Å². The Balaban J connectivity index is 2.56. The fourth-order valence-corrected chi connectivity index (χ4v) is 2.14. The van der Waals surface area contributed by atoms with Crippen LogP contribution in [0.3, 0.4) is 0 Å². The number of rotatable bonds is 4. The van der Waals surface area contributed by atoms with E-state index < -0.39 is 11.9 Å². The van der Waals surface area contributed by atoms with Gasteiger partial charge in [0.15, 0.2) is 5.78 Å². The molecule has 0 saturated carbocycles. The highest BCUT2D eigenvalue weighted by Crippen LogP contribution is 2.27. The van der Waals surface area contributed by atoms with Gasteiger partial charge in [-0.1, -0.05) is 48.0 Å². The number of carbonyl (C=O) groups excluding carboxylic acids is 1. The van der Waals surface area contributed by atoms with E-state index in [1.54, 1.807) is 24.3 Å². The quantitative estimate of drug-likeness (QED) is 0.606. The van der Waals surface area contributed by atoms with Gasteiger partial charge in [-0.15, -0.1) is 0 Å². The first-order chi connectivity index (χ1) is 11.7. The lowest BCUT2D eigenvalue weighted by atomic mass is 10.0. The lowest BCUT2D eigenvalue weighted by molar-refractivity contribution is -0.0925. The van der Waals surface area contributed by atoms with Crippen molar-refractivity contribution in [3.05, 3.63) is 76.5 Å². The monoisotopic (exact) mass is 366 g/mol. The number of alkyl halides is 3. The van der Waals surface area contributed by atoms with Crippen LogP contribution in [0, 0.1) is 0 Å². The second-order valence-corrected chi connectivity index (χ2v) is 5.59. The summed E-state index contributed by atoms with van der Waals surface area (Å²) in [6, 6.07) is 12.5. The van der Waals surface area contributed by atoms with Crippen molar-refractivity contribution in [2.24, 2.45) is 10.7 Å². The predicted octanol–water partition coefficient (Wildman–Crippen LogP) is 5.07. The van der Waals surface area contributed by atoms with Crippen LogP contribution in [0.1, 0.15) is 22.8 Å². The van der Waals surface area contributed by atoms with Crippen LogP contribution in [0.5, 0.6) is 0 Å². The van der Waals surface area contributed by atoms with Crippen LogP contribution in [0.15, 0.2) is 65.3 Å². The molecule has 2 rings (SSSR count). The fourth-order valence-electron chi connectivity index (χ4n) is 1.96. The van der Waals surface area contributed by atoms with Crippen molar-refractivity contribution in [1.29, 1.82) is 0 Å². The molecule has 2 aromatic carbocycles. The van der Waals surface area contributed by atoms with E-state index >= 15 is 0 Å². The number of aliphatic imine (C=N–C) groups is 1. The summed E-state index contributed by atoms with van der Waals surface area (Å²) >= 11 is 6.02. The van der Waals surface area contributed by atoms with Crippen LogP contribution >= 0.6 is 11.6 Å². The van der Waals surface area contributed by atoms with E-state index in [9.17, 15) is 18.0 Å². The van der Waals surface area contributed by atoms with E-state index in [0.29, 0.717) is 21.8 Å². The Labute approximate surface area is 147 Å². The van der Waals surface area contributed by atoms with Crippen LogP contribution in [0.25, 0.3) is 0 Å². The van der Waals surface area contributed by atoms with Crippen molar-refractivity contribution in [3.63, 3.8) is 0 Å². The molecule has 0 aliphatic rings. The molecule has 0 aliphatic heterocycles. The minimum atomic E-state index is -4.68. The van der Waals surface area contributed by atoms with E-state index in [-0.39, 0.29) is 11.5 Å². The number of ketones is 1. The molecule has 0 aliphatic carbocycles. The molecule has 2 N–H and O–H groups in total. The van der Waals surface area contributed by atoms with Gasteiger partial charge in [-0.3, -0.25) is 4.79 Å². The molecule has 0 spiro atoms. The Morgan fingerprint density at radius 2 is 1.64 bits per heavy atom. The summed E-state index contributed by atoms with van der Waals surface area (Å²) in [5.74, 6) is -0.151. The van der Waals surface area contributed by atoms with Gasteiger partial charge in [0.2, 0.25) is 0 Å². The standard InChI is InChI=1S/C18H14ClF3N2O/c1-11(25)12-6-8-13(9-7-12)16(10-17(23)18(20,21)22)24-15-5-3-2-4-14(15)19/h2-10H,23H2,1H3. The lowest BCUT2D eigenvalue weighted by Crippen LogP contribution is -2.20. The number of hydrogen-bond acceptors (Lipinski definition) is 3. The Bertz CT molecular complexity index is 840. The molecule has 2 aromatic rings. The van der Waals surface area contributed by atoms with Crippen LogP contribution in [0.4, 0.5) is 18.9 Å². The Hall–Kier alpha value is -2.60. The second kappa shape index (κ2) is 7.53. The molecular formula is C18H14ClF3N2O. The zero-order valence-corrected chi connectivity index (χ0v) is 13.9. The maximum absolute atomic E-state index is 12.8. The SMILES string of the molecule is CC(=O)c1ccc(C(C=C(N)C(F)(F)F)=Nc2ccccc2Cl)cc1. The molecule has 0 saturated heterocycles. The zero-order chi connectivity index (χ0) is 18.6. The number of Topliss-reactive ketones (excluding diaryl/α,β-unsaturated/α-hetero) is 1. The van der Waals surface area contributed by atoms with Gasteiger partial charge in [0.1, 0.15) is 5.70 Å². The highest BCUT2D eigenvalue weighted by molar-refractivity contribution is 6.33. The number of benzene rings is 2. The first-order valence-electron chi connectivity index (χ1n) is 7.17. The van der Waals surface area contributed by atoms with Crippen LogP contribution in [0.2, 0.25) is 5.02 Å². The maximum atomic E-state index is 12.8. The van der Waals surface area contributed by atoms with Crippen LogP contribution < -0.4 is 5.73 Å². The summed E-state index contributed by atoms with van der Waals surface area (Å²) in [5, 5.41) is 0.291. The van der Waals surface area contributed by atoms with E-state index in [4.69, 9.17) is 17.3 Å². The van der Waals surface area contributed by atoms with Gasteiger partial charge in [0.05, 0.1) is 16.4 Å². The first kappa shape index (κ1) is 18.7. The van der Waals surface area contributed by atoms with Crippen molar-refractivity contribution in [2.45, 2.75) is 13.1 Å². The van der Waals surface area contributed by atoms with Gasteiger partial charge < -0.3 is 5.73 Å². The molecule has 0 bridgehead atoms. The van der Waals surface area contributed by atoms with Crippen molar-refractivity contribution in [2.75, 3.05) is 0 Å². The number of allylic oxidation sites excluding steroid dienone is 2. The molecule has 3 nitrogen and oxygen atoms in total. The highest BCUT2D eigenvalue weighted by Gasteiger charge is 2.31. The molecule has 0 heterocycles. The van der Waals surface area contributed by atoms with Gasteiger partial charge in [-0.05, 0) is 25.1 Å². The number of hydrogen-bond donors (Lipinski definition) is 1. The number of nitrogens with two attached hydrogens (primary N) is 1. The normalized spacial score (nSPS) is 13.0. The second-order valence-electron chi connectivity index (χ2n) is 5.18. The van der Waals surface area contributed by atoms with E-state index in [1.807, 2.05) is 0 Å². The molecule has 0 radical (unpaired) electrons. The van der Waals surface area contributed by atoms with Gasteiger partial charge in [-0.2, -0.15) is 13.2 Å². The Morgan fingerprint density at radius 3 is 2.16 bits per heavy atom. The fraction of sp³-hybridized carbons (Fsp3) is 0.111. The van der Waals surface area contributed by atoms with Gasteiger partial charge in [0, 0.05) is 11.1 Å². The minimum Gasteiger partial charge on any atom is -0.395 e. The topological polar surface area (TPSA) is 55.5 Å². The van der Waals surface area contributed by atoms with E-state index in [0.717, 1.165) is 6.08 Å². The average Bonchev–Trinajstić information content (AvgIpc) is 2.55. The third-order valence-electron chi connectivity index (χ3n) is 3.30. The highest BCUT2D eigenvalue weighted by atomic mass is 35.5. The third kappa shape index (κ3) is 4.93. The van der Waals surface area contributed by atoms with E-state index in [2.05, 4.69) is 4.99 Å². The Kier molecular flexibility index (Phi) is 5.64. The Morgan fingerprint density at radius 1 is 1.08 bits per heavy atom. The lowest BCUT2D eigenvalue weighted by Gasteiger charge is -2.09. The average molecular weight is 367 g/mol. The molecule has 25 heavy (non-hydrogen) atoms. The summed E-state index contributed by atoms with van der Waals surface area (Å²) < 4.78 is 38.4. The molecule has 0 fully saturated rings. The third-order valence-corrected chi connectivity index (χ3v) is 3.62. The maximum Gasteiger partial charge on any atom is 0.430 e. The summed E-state index contributed by atoms with van der Waals surface area (Å²) in [7, 11) is 0. The number of nitrogens with zero attached hydrogens (tertiary/aromatic N) is 1. The first-order valence-corrected chi connectivity index (χ1v) is 7.55. The van der Waals surface area contributed by atoms with E-state index in [1.165, 1.54) is 31.2 Å². The molecule has 0 unspecified atom stereocenters. The zero-order valence-electron chi connectivity index (χ0n) is 13.1. The number of para-hydroxylation sites is 1. The van der Waals surface area contributed by atoms with Crippen molar-refractivity contribution in [3.8, 4) is 0 Å². The summed E-state index contributed by atoms with van der Waals surface area (Å²) in [6.45, 7) is 1.40. The van der Waals surface area contributed by atoms with Gasteiger partial charge >= 0.3 is 6.18 Å². The number of carbonyl (C=O) groups is 1. The molecule has 0 atom stereocenters. The largest absolute Gasteiger partial charge is 0.430 e. The molecule has 130 valence electrons. The van der Waals surface area contributed by atoms with Gasteiger partial charge in [-0.25, -0.2) is 4.99 Å². The number of halogens is 4. The summed E-state index contributed by atoms with van der Waals surface area (Å²) in [5.41, 5.74) is 4.95. The van der Waals surface area contributed by atoms with Crippen LogP contribution in [-0.4, -0.2) is 17.7 Å². The van der Waals surface area contributed by atoms with Gasteiger partial charge in [0.25, 0.3) is 0 Å². The smallest absolute Gasteiger partial charge is 0.395 e.